The van der Waals surface area contributed by atoms with Crippen LogP contribution in [0, 0.1) is 10.1 Å². The topological polar surface area (TPSA) is 97.4 Å². The second kappa shape index (κ2) is 3.85. The maximum atomic E-state index is 11.9. The number of carbonyl (C=O) groups is 1. The lowest BCUT2D eigenvalue weighted by atomic mass is 10.2. The first-order chi connectivity index (χ1) is 7.99. The van der Waals surface area contributed by atoms with Crippen LogP contribution in [0.4, 0.5) is 5.82 Å². The van der Waals surface area contributed by atoms with Gasteiger partial charge < -0.3 is 20.5 Å². The fourth-order valence-corrected chi connectivity index (χ4v) is 1.69. The van der Waals surface area contributed by atoms with Gasteiger partial charge in [0, 0.05) is 6.07 Å². The molecule has 0 atom stereocenters. The number of hydrogen-bond donors (Lipinski definition) is 2. The molecule has 7 nitrogen and oxygen atoms in total. The molecule has 1 aromatic rings. The number of nitrogens with zero attached hydrogens (tertiary/aromatic N) is 2. The first-order valence-corrected chi connectivity index (χ1v) is 5.22. The molecule has 17 heavy (non-hydrogen) atoms. The number of aromatic nitrogens is 1. The maximum Gasteiger partial charge on any atom is 0.323 e. The van der Waals surface area contributed by atoms with Gasteiger partial charge in [-0.2, -0.15) is 0 Å². The molecule has 7 heteroatoms. The van der Waals surface area contributed by atoms with Crippen LogP contribution < -0.4 is 5.32 Å². The van der Waals surface area contributed by atoms with E-state index >= 15 is 0 Å². The van der Waals surface area contributed by atoms with Gasteiger partial charge >= 0.3 is 5.82 Å². The van der Waals surface area contributed by atoms with Gasteiger partial charge in [0.25, 0.3) is 5.91 Å². The van der Waals surface area contributed by atoms with Crippen LogP contribution in [0.5, 0.6) is 0 Å². The molecule has 1 heterocycles. The first-order valence-electron chi connectivity index (χ1n) is 5.22. The molecular formula is C10H13N3O4. The molecule has 1 aliphatic rings. The van der Waals surface area contributed by atoms with E-state index in [2.05, 4.69) is 5.32 Å². The number of aliphatic hydroxyl groups is 1. The number of nitrogens with one attached hydrogen (secondary N) is 1. The van der Waals surface area contributed by atoms with Crippen molar-refractivity contribution in [3.8, 4) is 0 Å². The maximum absolute atomic E-state index is 11.9. The molecule has 1 amide bonds. The third kappa shape index (κ3) is 2.01. The van der Waals surface area contributed by atoms with Crippen molar-refractivity contribution >= 4 is 11.7 Å². The monoisotopic (exact) mass is 239 g/mol. The zero-order chi connectivity index (χ0) is 12.6. The van der Waals surface area contributed by atoms with Crippen molar-refractivity contribution in [1.82, 2.24) is 9.88 Å². The van der Waals surface area contributed by atoms with Crippen molar-refractivity contribution in [2.75, 3.05) is 6.61 Å². The smallest absolute Gasteiger partial charge is 0.323 e. The average molecular weight is 239 g/mol. The normalized spacial score (nSPS) is 16.6. The highest BCUT2D eigenvalue weighted by atomic mass is 16.6. The largest absolute Gasteiger partial charge is 0.394 e. The van der Waals surface area contributed by atoms with Crippen molar-refractivity contribution in [3.05, 3.63) is 27.9 Å². The van der Waals surface area contributed by atoms with Crippen LogP contribution in [-0.2, 0) is 7.05 Å². The predicted octanol–water partition coefficient (Wildman–Crippen LogP) is 0.188. The number of amides is 1. The fourth-order valence-electron chi connectivity index (χ4n) is 1.69. The summed E-state index contributed by atoms with van der Waals surface area (Å²) in [5.41, 5.74) is -0.299. The number of carbonyl (C=O) groups excluding carboxylic acids is 1. The van der Waals surface area contributed by atoms with Crippen LogP contribution in [-0.4, -0.2) is 32.6 Å². The molecular weight excluding hydrogens is 226 g/mol. The van der Waals surface area contributed by atoms with E-state index in [9.17, 15) is 14.9 Å². The van der Waals surface area contributed by atoms with E-state index in [0.29, 0.717) is 0 Å². The number of rotatable bonds is 4. The summed E-state index contributed by atoms with van der Waals surface area (Å²) in [7, 11) is 1.46. The molecule has 1 saturated carbocycles. The van der Waals surface area contributed by atoms with Crippen LogP contribution >= 0.6 is 0 Å². The number of nitro groups is 1. The Morgan fingerprint density at radius 1 is 1.65 bits per heavy atom. The van der Waals surface area contributed by atoms with Gasteiger partial charge in [-0.25, -0.2) is 4.57 Å². The molecule has 0 spiro atoms. The minimum atomic E-state index is -0.546. The summed E-state index contributed by atoms with van der Waals surface area (Å²) in [5.74, 6) is -0.531. The Kier molecular flexibility index (Phi) is 2.62. The highest BCUT2D eigenvalue weighted by Gasteiger charge is 2.44. The molecule has 0 radical (unpaired) electrons. The van der Waals surface area contributed by atoms with Gasteiger partial charge in [0.05, 0.1) is 19.2 Å². The van der Waals surface area contributed by atoms with Crippen LogP contribution in [0.2, 0.25) is 0 Å². The van der Waals surface area contributed by atoms with Gasteiger partial charge in [-0.05, 0) is 23.8 Å². The summed E-state index contributed by atoms with van der Waals surface area (Å²) in [5, 5.41) is 22.4. The van der Waals surface area contributed by atoms with E-state index < -0.39 is 16.4 Å². The summed E-state index contributed by atoms with van der Waals surface area (Å²) < 4.78 is 1.22. The van der Waals surface area contributed by atoms with E-state index in [-0.39, 0.29) is 18.1 Å². The van der Waals surface area contributed by atoms with Crippen molar-refractivity contribution in [3.63, 3.8) is 0 Å². The molecule has 1 aliphatic carbocycles. The van der Waals surface area contributed by atoms with Gasteiger partial charge in [0.15, 0.2) is 5.69 Å². The summed E-state index contributed by atoms with van der Waals surface area (Å²) in [6, 6.07) is 2.69. The Balaban J connectivity index is 2.17. The standard InChI is InChI=1S/C10H13N3O4/c1-12-7(2-3-8(12)13(16)17)9(15)11-10(6-14)4-5-10/h2-3,14H,4-6H2,1H3,(H,11,15). The van der Waals surface area contributed by atoms with Crippen molar-refractivity contribution < 1.29 is 14.8 Å². The number of hydrogen-bond acceptors (Lipinski definition) is 4. The van der Waals surface area contributed by atoms with Crippen LogP contribution in [0.3, 0.4) is 0 Å². The fraction of sp³-hybridized carbons (Fsp3) is 0.500. The minimum absolute atomic E-state index is 0.106. The molecule has 0 saturated heterocycles. The molecule has 92 valence electrons. The summed E-state index contributed by atoms with van der Waals surface area (Å²) >= 11 is 0. The van der Waals surface area contributed by atoms with Crippen molar-refractivity contribution in [2.24, 2.45) is 7.05 Å². The van der Waals surface area contributed by atoms with Gasteiger partial charge in [0.2, 0.25) is 0 Å². The highest BCUT2D eigenvalue weighted by molar-refractivity contribution is 5.94. The summed E-state index contributed by atoms with van der Waals surface area (Å²) in [6.45, 7) is -0.106. The van der Waals surface area contributed by atoms with E-state index in [1.54, 1.807) is 0 Å². The molecule has 2 N–H and O–H groups in total. The van der Waals surface area contributed by atoms with Gasteiger partial charge in [0.1, 0.15) is 0 Å². The molecule has 0 aliphatic heterocycles. The molecule has 1 fully saturated rings. The van der Waals surface area contributed by atoms with Gasteiger partial charge in [-0.1, -0.05) is 0 Å². The van der Waals surface area contributed by atoms with E-state index in [1.807, 2.05) is 0 Å². The zero-order valence-corrected chi connectivity index (χ0v) is 9.34. The third-order valence-electron chi connectivity index (χ3n) is 3.05. The quantitative estimate of drug-likeness (QED) is 0.578. The summed E-state index contributed by atoms with van der Waals surface area (Å²) in [4.78, 5) is 21.9. The lowest BCUT2D eigenvalue weighted by Gasteiger charge is -2.13. The lowest BCUT2D eigenvalue weighted by Crippen LogP contribution is -2.40. The second-order valence-electron chi connectivity index (χ2n) is 4.29. The molecule has 0 bridgehead atoms. The third-order valence-corrected chi connectivity index (χ3v) is 3.05. The second-order valence-corrected chi connectivity index (χ2v) is 4.29. The van der Waals surface area contributed by atoms with Crippen LogP contribution in [0.1, 0.15) is 23.3 Å². The summed E-state index contributed by atoms with van der Waals surface area (Å²) in [6.07, 6.45) is 1.48. The highest BCUT2D eigenvalue weighted by Crippen LogP contribution is 2.34. The Bertz CT molecular complexity index is 476. The minimum Gasteiger partial charge on any atom is -0.394 e. The first kappa shape index (κ1) is 11.6. The van der Waals surface area contributed by atoms with Gasteiger partial charge in [-0.3, -0.25) is 4.79 Å². The predicted molar refractivity (Wildman–Crippen MR) is 58.6 cm³/mol. The SMILES string of the molecule is Cn1c(C(=O)NC2(CO)CC2)ccc1[N+](=O)[O-]. The van der Waals surface area contributed by atoms with Crippen LogP contribution in [0.25, 0.3) is 0 Å². The molecule has 1 aromatic heterocycles. The van der Waals surface area contributed by atoms with E-state index in [4.69, 9.17) is 5.11 Å². The van der Waals surface area contributed by atoms with Crippen molar-refractivity contribution in [2.45, 2.75) is 18.4 Å². The van der Waals surface area contributed by atoms with Crippen molar-refractivity contribution in [1.29, 1.82) is 0 Å². The number of aliphatic hydroxyl groups excluding tert-OH is 1. The average Bonchev–Trinajstić information content (AvgIpc) is 2.93. The Morgan fingerprint density at radius 2 is 2.29 bits per heavy atom. The Hall–Kier alpha value is -1.89. The Morgan fingerprint density at radius 3 is 2.71 bits per heavy atom. The zero-order valence-electron chi connectivity index (χ0n) is 9.34. The molecule has 2 rings (SSSR count). The van der Waals surface area contributed by atoms with E-state index in [1.165, 1.54) is 23.7 Å². The van der Waals surface area contributed by atoms with Crippen LogP contribution in [0.15, 0.2) is 12.1 Å². The molecule has 0 unspecified atom stereocenters. The Labute approximate surface area is 97.2 Å². The van der Waals surface area contributed by atoms with Gasteiger partial charge in [-0.15, -0.1) is 0 Å². The molecule has 0 aromatic carbocycles. The van der Waals surface area contributed by atoms with E-state index in [0.717, 1.165) is 12.8 Å². The lowest BCUT2D eigenvalue weighted by molar-refractivity contribution is -0.391.